The third-order valence-corrected chi connectivity index (χ3v) is 5.42. The maximum Gasteiger partial charge on any atom is 0.324 e. The van der Waals surface area contributed by atoms with E-state index < -0.39 is 5.54 Å². The second-order valence-corrected chi connectivity index (χ2v) is 6.57. The molecule has 1 atom stereocenters. The summed E-state index contributed by atoms with van der Waals surface area (Å²) in [5.74, 6) is 0.232. The average molecular weight is 318 g/mol. The fourth-order valence-electron chi connectivity index (χ4n) is 3.83. The van der Waals surface area contributed by atoms with Gasteiger partial charge in [0.05, 0.1) is 11.6 Å². The molecule has 6 heteroatoms. The van der Waals surface area contributed by atoms with Gasteiger partial charge < -0.3 is 4.90 Å². The van der Waals surface area contributed by atoms with Crippen LogP contribution < -0.4 is 5.32 Å². The third kappa shape index (κ3) is 1.75. The van der Waals surface area contributed by atoms with Crippen molar-refractivity contribution in [2.24, 2.45) is 0 Å². The summed E-state index contributed by atoms with van der Waals surface area (Å²) in [5.41, 5.74) is 4.95. The van der Waals surface area contributed by atoms with Gasteiger partial charge in [-0.25, -0.2) is 4.79 Å². The Morgan fingerprint density at radius 1 is 1.27 bits per heavy atom. The molecule has 1 N–H and O–H groups in total. The standard InChI is InChI=1S/C16H16ClN3O2/c1-20-15(22)19-14(21)16(20)6-10-4-9-2-3-12(8-17)18-13(9)5-11(10)7-16/h2-3H,4-8H2,1H3,(H,19,21,22)/t16-/m1/s1. The number of nitrogens with one attached hydrogen (secondary N) is 1. The van der Waals surface area contributed by atoms with Crippen LogP contribution in [0.25, 0.3) is 0 Å². The van der Waals surface area contributed by atoms with E-state index in [1.54, 1.807) is 11.9 Å². The number of hydrogen-bond donors (Lipinski definition) is 1. The van der Waals surface area contributed by atoms with Gasteiger partial charge in [0.25, 0.3) is 5.91 Å². The zero-order valence-electron chi connectivity index (χ0n) is 12.3. The Labute approximate surface area is 133 Å². The van der Waals surface area contributed by atoms with E-state index in [4.69, 9.17) is 11.6 Å². The molecule has 0 saturated carbocycles. The number of likely N-dealkylation sites (N-methyl/N-ethyl adjacent to an activating group) is 1. The lowest BCUT2D eigenvalue weighted by Gasteiger charge is -2.28. The van der Waals surface area contributed by atoms with Crippen LogP contribution in [-0.4, -0.2) is 34.4 Å². The van der Waals surface area contributed by atoms with Gasteiger partial charge >= 0.3 is 6.03 Å². The van der Waals surface area contributed by atoms with Crippen molar-refractivity contribution in [2.45, 2.75) is 37.1 Å². The molecule has 4 rings (SSSR count). The lowest BCUT2D eigenvalue weighted by Crippen LogP contribution is -2.46. The van der Waals surface area contributed by atoms with Crippen molar-refractivity contribution in [2.75, 3.05) is 7.05 Å². The Morgan fingerprint density at radius 3 is 2.64 bits per heavy atom. The normalized spacial score (nSPS) is 26.5. The van der Waals surface area contributed by atoms with E-state index in [1.807, 2.05) is 6.07 Å². The largest absolute Gasteiger partial charge is 0.324 e. The van der Waals surface area contributed by atoms with Crippen LogP contribution in [0.5, 0.6) is 0 Å². The van der Waals surface area contributed by atoms with Crippen molar-refractivity contribution >= 4 is 23.5 Å². The number of rotatable bonds is 1. The molecule has 3 amide bonds. The first-order valence-corrected chi connectivity index (χ1v) is 7.89. The molecule has 2 aliphatic carbocycles. The molecule has 0 aromatic carbocycles. The van der Waals surface area contributed by atoms with Gasteiger partial charge in [0.15, 0.2) is 0 Å². The monoisotopic (exact) mass is 317 g/mol. The molecule has 0 radical (unpaired) electrons. The Bertz CT molecular complexity index is 743. The first kappa shape index (κ1) is 13.8. The number of pyridine rings is 1. The van der Waals surface area contributed by atoms with E-state index in [0.717, 1.165) is 24.2 Å². The number of carbonyl (C=O) groups is 2. The third-order valence-electron chi connectivity index (χ3n) is 5.15. The molecule has 1 fully saturated rings. The van der Waals surface area contributed by atoms with Crippen LogP contribution in [-0.2, 0) is 23.5 Å². The molecule has 1 spiro atoms. The molecule has 0 bridgehead atoms. The molecule has 1 saturated heterocycles. The van der Waals surface area contributed by atoms with Gasteiger partial charge in [-0.3, -0.25) is 15.1 Å². The number of alkyl halides is 1. The highest BCUT2D eigenvalue weighted by molar-refractivity contribution is 6.16. The van der Waals surface area contributed by atoms with Crippen LogP contribution in [0.1, 0.15) is 29.8 Å². The van der Waals surface area contributed by atoms with Crippen LogP contribution >= 0.6 is 11.6 Å². The van der Waals surface area contributed by atoms with Crippen LogP contribution in [0.15, 0.2) is 23.3 Å². The van der Waals surface area contributed by atoms with Crippen molar-refractivity contribution in [1.82, 2.24) is 15.2 Å². The van der Waals surface area contributed by atoms with Crippen molar-refractivity contribution in [3.63, 3.8) is 0 Å². The Morgan fingerprint density at radius 2 is 2.00 bits per heavy atom. The van der Waals surface area contributed by atoms with E-state index in [0.29, 0.717) is 18.7 Å². The quantitative estimate of drug-likeness (QED) is 0.489. The average Bonchev–Trinajstić information content (AvgIpc) is 2.98. The molecule has 3 aliphatic rings. The molecule has 2 heterocycles. The van der Waals surface area contributed by atoms with Gasteiger partial charge in [0.2, 0.25) is 0 Å². The molecular weight excluding hydrogens is 302 g/mol. The Hall–Kier alpha value is -1.88. The Kier molecular flexibility index (Phi) is 2.85. The fourth-order valence-corrected chi connectivity index (χ4v) is 3.98. The zero-order chi connectivity index (χ0) is 15.5. The number of hydrogen-bond acceptors (Lipinski definition) is 3. The summed E-state index contributed by atoms with van der Waals surface area (Å²) >= 11 is 5.86. The number of carbonyl (C=O) groups excluding carboxylic acids is 2. The van der Waals surface area contributed by atoms with Crippen molar-refractivity contribution < 1.29 is 9.59 Å². The predicted octanol–water partition coefficient (Wildman–Crippen LogP) is 1.93. The highest BCUT2D eigenvalue weighted by atomic mass is 35.5. The van der Waals surface area contributed by atoms with E-state index in [-0.39, 0.29) is 11.9 Å². The number of aromatic nitrogens is 1. The van der Waals surface area contributed by atoms with Crippen LogP contribution in [0.3, 0.4) is 0 Å². The van der Waals surface area contributed by atoms with Crippen molar-refractivity contribution in [3.05, 3.63) is 40.2 Å². The molecule has 22 heavy (non-hydrogen) atoms. The lowest BCUT2D eigenvalue weighted by molar-refractivity contribution is -0.125. The van der Waals surface area contributed by atoms with E-state index in [9.17, 15) is 9.59 Å². The molecule has 114 valence electrons. The predicted molar refractivity (Wildman–Crippen MR) is 81.5 cm³/mol. The molecule has 5 nitrogen and oxygen atoms in total. The van der Waals surface area contributed by atoms with Gasteiger partial charge in [-0.05, 0) is 18.1 Å². The van der Waals surface area contributed by atoms with Crippen LogP contribution in [0, 0.1) is 0 Å². The molecular formula is C16H16ClN3O2. The molecule has 1 aromatic rings. The second kappa shape index (κ2) is 4.56. The van der Waals surface area contributed by atoms with Gasteiger partial charge in [-0.15, -0.1) is 11.6 Å². The SMILES string of the molecule is CN1C(=O)NC(=O)[C@]12CC1=C(Cc3nc(CCl)ccc3C1)C2. The van der Waals surface area contributed by atoms with E-state index in [1.165, 1.54) is 16.7 Å². The summed E-state index contributed by atoms with van der Waals surface area (Å²) in [6.07, 6.45) is 2.82. The topological polar surface area (TPSA) is 62.3 Å². The second-order valence-electron chi connectivity index (χ2n) is 6.31. The smallest absolute Gasteiger partial charge is 0.312 e. The van der Waals surface area contributed by atoms with Gasteiger partial charge in [0, 0.05) is 32.0 Å². The minimum absolute atomic E-state index is 0.173. The number of amides is 3. The van der Waals surface area contributed by atoms with Gasteiger partial charge in [-0.2, -0.15) is 0 Å². The molecule has 1 aromatic heterocycles. The molecule has 0 unspecified atom stereocenters. The maximum atomic E-state index is 12.3. The maximum absolute atomic E-state index is 12.3. The minimum atomic E-state index is -0.723. The van der Waals surface area contributed by atoms with Crippen molar-refractivity contribution in [3.8, 4) is 0 Å². The first-order chi connectivity index (χ1) is 10.5. The summed E-state index contributed by atoms with van der Waals surface area (Å²) in [6, 6.07) is 3.74. The summed E-state index contributed by atoms with van der Waals surface area (Å²) in [5, 5.41) is 2.44. The van der Waals surface area contributed by atoms with E-state index >= 15 is 0 Å². The summed E-state index contributed by atoms with van der Waals surface area (Å²) in [4.78, 5) is 30.3. The van der Waals surface area contributed by atoms with Gasteiger partial charge in [-0.1, -0.05) is 17.2 Å². The van der Waals surface area contributed by atoms with Gasteiger partial charge in [0.1, 0.15) is 5.54 Å². The van der Waals surface area contributed by atoms with E-state index in [2.05, 4.69) is 16.4 Å². The first-order valence-electron chi connectivity index (χ1n) is 7.36. The van der Waals surface area contributed by atoms with Crippen LogP contribution in [0.4, 0.5) is 4.79 Å². The van der Waals surface area contributed by atoms with Crippen molar-refractivity contribution in [1.29, 1.82) is 0 Å². The number of nitrogens with zero attached hydrogens (tertiary/aromatic N) is 2. The summed E-state index contributed by atoms with van der Waals surface area (Å²) in [6.45, 7) is 0. The lowest BCUT2D eigenvalue weighted by atomic mass is 9.91. The Balaban J connectivity index is 1.66. The highest BCUT2D eigenvalue weighted by Crippen LogP contribution is 2.45. The van der Waals surface area contributed by atoms with Crippen LogP contribution in [0.2, 0.25) is 0 Å². The summed E-state index contributed by atoms with van der Waals surface area (Å²) in [7, 11) is 1.70. The number of fused-ring (bicyclic) bond motifs is 1. The minimum Gasteiger partial charge on any atom is -0.312 e. The number of halogens is 1. The fraction of sp³-hybridized carbons (Fsp3) is 0.438. The number of urea groups is 1. The highest BCUT2D eigenvalue weighted by Gasteiger charge is 2.55. The number of imide groups is 1. The zero-order valence-corrected chi connectivity index (χ0v) is 13.0. The summed E-state index contributed by atoms with van der Waals surface area (Å²) < 4.78 is 0. The molecule has 1 aliphatic heterocycles.